The van der Waals surface area contributed by atoms with Crippen molar-refractivity contribution in [3.8, 4) is 0 Å². The summed E-state index contributed by atoms with van der Waals surface area (Å²) in [5, 5.41) is 8.40. The Balaban J connectivity index is 0.00000154. The molecule has 112 valence electrons. The van der Waals surface area contributed by atoms with Gasteiger partial charge in [0.2, 0.25) is 0 Å². The molecule has 3 nitrogen and oxygen atoms in total. The second-order valence-corrected chi connectivity index (χ2v) is 5.32. The molecule has 0 saturated carbocycles. The molecule has 0 aliphatic heterocycles. The molecule has 0 spiro atoms. The maximum absolute atomic E-state index is 4.22. The van der Waals surface area contributed by atoms with Gasteiger partial charge in [0.1, 0.15) is 0 Å². The van der Waals surface area contributed by atoms with Crippen molar-refractivity contribution in [2.45, 2.75) is 86.1 Å². The summed E-state index contributed by atoms with van der Waals surface area (Å²) in [5.74, 6) is 0.784. The number of hydrogen-bond acceptors (Lipinski definition) is 2. The van der Waals surface area contributed by atoms with E-state index in [0.29, 0.717) is 0 Å². The Bertz CT molecular complexity index is 292. The summed E-state index contributed by atoms with van der Waals surface area (Å²) < 4.78 is 2.00. The van der Waals surface area contributed by atoms with E-state index in [0.717, 1.165) is 24.6 Å². The standard InChI is InChI=1S/C14H27N3.C2H6/c1-4-5-6-7-10-14-12-17(16-15-14)11-8-9-13(2)3;1-2/h12-13H,4-11H2,1-3H3;1-2H3. The predicted octanol–water partition coefficient (Wildman–Crippen LogP) is 4.86. The van der Waals surface area contributed by atoms with E-state index in [2.05, 4.69) is 37.3 Å². The van der Waals surface area contributed by atoms with Gasteiger partial charge in [-0.15, -0.1) is 5.10 Å². The Morgan fingerprint density at radius 3 is 2.47 bits per heavy atom. The Kier molecular flexibility index (Phi) is 11.6. The molecule has 0 aliphatic rings. The van der Waals surface area contributed by atoms with Gasteiger partial charge in [-0.1, -0.05) is 59.1 Å². The molecule has 0 amide bonds. The Morgan fingerprint density at radius 2 is 1.84 bits per heavy atom. The van der Waals surface area contributed by atoms with Crippen LogP contribution >= 0.6 is 0 Å². The molecule has 0 radical (unpaired) electrons. The van der Waals surface area contributed by atoms with Crippen LogP contribution in [0.3, 0.4) is 0 Å². The van der Waals surface area contributed by atoms with Crippen LogP contribution in [0.1, 0.15) is 78.8 Å². The molecular weight excluding hydrogens is 234 g/mol. The molecule has 0 saturated heterocycles. The van der Waals surface area contributed by atoms with E-state index >= 15 is 0 Å². The third-order valence-corrected chi connectivity index (χ3v) is 3.04. The van der Waals surface area contributed by atoms with E-state index in [1.807, 2.05) is 18.5 Å². The van der Waals surface area contributed by atoms with Crippen LogP contribution in [-0.4, -0.2) is 15.0 Å². The van der Waals surface area contributed by atoms with Crippen molar-refractivity contribution in [3.63, 3.8) is 0 Å². The van der Waals surface area contributed by atoms with Crippen LogP contribution in [-0.2, 0) is 13.0 Å². The molecule has 1 heterocycles. The lowest BCUT2D eigenvalue weighted by Crippen LogP contribution is -2.00. The topological polar surface area (TPSA) is 30.7 Å². The molecule has 0 aliphatic carbocycles. The third-order valence-electron chi connectivity index (χ3n) is 3.04. The third kappa shape index (κ3) is 9.69. The number of aryl methyl sites for hydroxylation is 2. The fourth-order valence-electron chi connectivity index (χ4n) is 1.96. The van der Waals surface area contributed by atoms with Gasteiger partial charge in [0.15, 0.2) is 0 Å². The summed E-state index contributed by atoms with van der Waals surface area (Å²) in [6.45, 7) is 11.8. The molecule has 0 fully saturated rings. The van der Waals surface area contributed by atoms with E-state index in [4.69, 9.17) is 0 Å². The molecule has 3 heteroatoms. The lowest BCUT2D eigenvalue weighted by atomic mass is 10.1. The highest BCUT2D eigenvalue weighted by molar-refractivity contribution is 4.92. The van der Waals surface area contributed by atoms with Crippen LogP contribution < -0.4 is 0 Å². The number of aromatic nitrogens is 3. The lowest BCUT2D eigenvalue weighted by molar-refractivity contribution is 0.482. The van der Waals surface area contributed by atoms with Gasteiger partial charge in [0, 0.05) is 12.7 Å². The summed E-state index contributed by atoms with van der Waals surface area (Å²) >= 11 is 0. The summed E-state index contributed by atoms with van der Waals surface area (Å²) in [5.41, 5.74) is 1.16. The summed E-state index contributed by atoms with van der Waals surface area (Å²) in [6.07, 6.45) is 10.9. The first-order valence-corrected chi connectivity index (χ1v) is 8.11. The average Bonchev–Trinajstić information content (AvgIpc) is 2.85. The van der Waals surface area contributed by atoms with Crippen molar-refractivity contribution in [1.29, 1.82) is 0 Å². The molecule has 1 rings (SSSR count). The zero-order chi connectivity index (χ0) is 14.5. The molecule has 1 aromatic heterocycles. The summed E-state index contributed by atoms with van der Waals surface area (Å²) in [6, 6.07) is 0. The van der Waals surface area contributed by atoms with Crippen LogP contribution in [0, 0.1) is 5.92 Å². The fraction of sp³-hybridized carbons (Fsp3) is 0.875. The van der Waals surface area contributed by atoms with E-state index in [1.54, 1.807) is 0 Å². The first-order chi connectivity index (χ1) is 9.22. The maximum atomic E-state index is 4.22. The number of unbranched alkanes of at least 4 members (excludes halogenated alkanes) is 3. The maximum Gasteiger partial charge on any atom is 0.0827 e. The molecule has 0 aromatic carbocycles. The van der Waals surface area contributed by atoms with Gasteiger partial charge in [0.25, 0.3) is 0 Å². The van der Waals surface area contributed by atoms with Crippen molar-refractivity contribution in [2.24, 2.45) is 5.92 Å². The minimum absolute atomic E-state index is 0.784. The predicted molar refractivity (Wildman–Crippen MR) is 83.3 cm³/mol. The van der Waals surface area contributed by atoms with Crippen molar-refractivity contribution >= 4 is 0 Å². The van der Waals surface area contributed by atoms with E-state index < -0.39 is 0 Å². The molecule has 19 heavy (non-hydrogen) atoms. The minimum atomic E-state index is 0.784. The molecular formula is C16H33N3. The number of hydrogen-bond donors (Lipinski definition) is 0. The van der Waals surface area contributed by atoms with Crippen LogP contribution in [0.5, 0.6) is 0 Å². The van der Waals surface area contributed by atoms with Crippen molar-refractivity contribution in [1.82, 2.24) is 15.0 Å². The van der Waals surface area contributed by atoms with E-state index in [9.17, 15) is 0 Å². The van der Waals surface area contributed by atoms with Crippen LogP contribution in [0.4, 0.5) is 0 Å². The second-order valence-electron chi connectivity index (χ2n) is 5.32. The first kappa shape index (κ1) is 18.1. The van der Waals surface area contributed by atoms with Gasteiger partial charge in [-0.3, -0.25) is 4.68 Å². The van der Waals surface area contributed by atoms with Gasteiger partial charge in [-0.2, -0.15) is 0 Å². The molecule has 0 unspecified atom stereocenters. The Hall–Kier alpha value is -0.860. The SMILES string of the molecule is CC.CCCCCCc1cn(CCCC(C)C)nn1. The summed E-state index contributed by atoms with van der Waals surface area (Å²) in [7, 11) is 0. The quantitative estimate of drug-likeness (QED) is 0.598. The van der Waals surface area contributed by atoms with E-state index in [-0.39, 0.29) is 0 Å². The number of rotatable bonds is 9. The van der Waals surface area contributed by atoms with Crippen molar-refractivity contribution in [3.05, 3.63) is 11.9 Å². The highest BCUT2D eigenvalue weighted by Crippen LogP contribution is 2.07. The van der Waals surface area contributed by atoms with Gasteiger partial charge in [-0.05, 0) is 31.6 Å². The molecule has 0 bridgehead atoms. The van der Waals surface area contributed by atoms with Gasteiger partial charge in [-0.25, -0.2) is 0 Å². The highest BCUT2D eigenvalue weighted by atomic mass is 15.4. The van der Waals surface area contributed by atoms with Crippen LogP contribution in [0.25, 0.3) is 0 Å². The minimum Gasteiger partial charge on any atom is -0.252 e. The largest absolute Gasteiger partial charge is 0.252 e. The zero-order valence-electron chi connectivity index (χ0n) is 13.7. The zero-order valence-corrected chi connectivity index (χ0v) is 13.7. The van der Waals surface area contributed by atoms with Crippen molar-refractivity contribution in [2.75, 3.05) is 0 Å². The lowest BCUT2D eigenvalue weighted by Gasteiger charge is -2.03. The monoisotopic (exact) mass is 267 g/mol. The first-order valence-electron chi connectivity index (χ1n) is 8.11. The fourth-order valence-corrected chi connectivity index (χ4v) is 1.96. The van der Waals surface area contributed by atoms with Crippen LogP contribution in [0.2, 0.25) is 0 Å². The molecule has 1 aromatic rings. The van der Waals surface area contributed by atoms with E-state index in [1.165, 1.54) is 38.5 Å². The Morgan fingerprint density at radius 1 is 1.11 bits per heavy atom. The molecule has 0 N–H and O–H groups in total. The smallest absolute Gasteiger partial charge is 0.0827 e. The van der Waals surface area contributed by atoms with Gasteiger partial charge in [0.05, 0.1) is 5.69 Å². The second kappa shape index (κ2) is 12.2. The average molecular weight is 267 g/mol. The normalized spacial score (nSPS) is 10.4. The molecule has 0 atom stereocenters. The van der Waals surface area contributed by atoms with Gasteiger partial charge < -0.3 is 0 Å². The number of nitrogens with zero attached hydrogens (tertiary/aromatic N) is 3. The van der Waals surface area contributed by atoms with Crippen molar-refractivity contribution < 1.29 is 0 Å². The Labute approximate surface area is 119 Å². The van der Waals surface area contributed by atoms with Crippen LogP contribution in [0.15, 0.2) is 6.20 Å². The summed E-state index contributed by atoms with van der Waals surface area (Å²) in [4.78, 5) is 0. The highest BCUT2D eigenvalue weighted by Gasteiger charge is 2.01. The van der Waals surface area contributed by atoms with Gasteiger partial charge >= 0.3 is 0 Å².